The van der Waals surface area contributed by atoms with E-state index >= 15 is 0 Å². The van der Waals surface area contributed by atoms with Crippen LogP contribution < -0.4 is 11.1 Å². The maximum absolute atomic E-state index is 12.4. The fourth-order valence-electron chi connectivity index (χ4n) is 3.50. The molecule has 10 heteroatoms. The average Bonchev–Trinajstić information content (AvgIpc) is 3.05. The second kappa shape index (κ2) is 9.19. The number of sulfone groups is 1. The molecule has 1 aromatic heterocycles. The quantitative estimate of drug-likeness (QED) is 0.651. The molecule has 1 aromatic carbocycles. The lowest BCUT2D eigenvalue weighted by molar-refractivity contribution is -0.129. The molecule has 0 radical (unpaired) electrons. The van der Waals surface area contributed by atoms with Crippen molar-refractivity contribution in [3.05, 3.63) is 45.8 Å². The van der Waals surface area contributed by atoms with Gasteiger partial charge in [0.15, 0.2) is 9.84 Å². The first-order valence-electron chi connectivity index (χ1n) is 9.87. The maximum atomic E-state index is 12.4. The molecule has 3 N–H and O–H groups in total. The Morgan fingerprint density at radius 3 is 2.48 bits per heavy atom. The molecule has 0 aliphatic carbocycles. The zero-order chi connectivity index (χ0) is 22.8. The van der Waals surface area contributed by atoms with E-state index in [1.54, 1.807) is 29.2 Å². The first-order chi connectivity index (χ1) is 14.6. The molecule has 3 rings (SSSR count). The molecular formula is C21H25N3O5S2. The lowest BCUT2D eigenvalue weighted by atomic mass is 10.0. The monoisotopic (exact) mass is 463 g/mol. The number of fused-ring (bicyclic) bond motifs is 1. The smallest absolute Gasteiger partial charge is 0.251 e. The average molecular weight is 464 g/mol. The first-order valence-corrected chi connectivity index (χ1v) is 12.3. The number of hydrogen-bond acceptors (Lipinski definition) is 6. The second-order valence-electron chi connectivity index (χ2n) is 7.55. The van der Waals surface area contributed by atoms with E-state index < -0.39 is 15.7 Å². The number of benzene rings is 1. The summed E-state index contributed by atoms with van der Waals surface area (Å²) in [6.07, 6.45) is 0.636. The van der Waals surface area contributed by atoms with Gasteiger partial charge in [-0.3, -0.25) is 14.4 Å². The number of amides is 3. The van der Waals surface area contributed by atoms with Crippen LogP contribution in [0.15, 0.2) is 29.2 Å². The van der Waals surface area contributed by atoms with Gasteiger partial charge in [0.2, 0.25) is 11.8 Å². The van der Waals surface area contributed by atoms with Crippen LogP contribution in [0.25, 0.3) is 0 Å². The molecule has 0 unspecified atom stereocenters. The van der Waals surface area contributed by atoms with Gasteiger partial charge < -0.3 is 16.0 Å². The predicted molar refractivity (Wildman–Crippen MR) is 119 cm³/mol. The van der Waals surface area contributed by atoms with E-state index in [0.717, 1.165) is 16.0 Å². The van der Waals surface area contributed by atoms with Crippen LogP contribution in [0.1, 0.15) is 46.1 Å². The highest BCUT2D eigenvalue weighted by Crippen LogP contribution is 2.37. The molecule has 0 saturated carbocycles. The third-order valence-corrected chi connectivity index (χ3v) is 8.15. The van der Waals surface area contributed by atoms with Crippen molar-refractivity contribution in [3.8, 4) is 0 Å². The lowest BCUT2D eigenvalue weighted by Gasteiger charge is -2.25. The van der Waals surface area contributed by atoms with Gasteiger partial charge in [-0.15, -0.1) is 11.3 Å². The van der Waals surface area contributed by atoms with E-state index in [-0.39, 0.29) is 40.9 Å². The molecule has 8 nitrogen and oxygen atoms in total. The first kappa shape index (κ1) is 23.0. The Hall–Kier alpha value is -2.72. The zero-order valence-electron chi connectivity index (χ0n) is 17.4. The number of nitrogens with two attached hydrogens (primary N) is 1. The fourth-order valence-corrected chi connectivity index (χ4v) is 6.09. The number of anilines is 1. The van der Waals surface area contributed by atoms with Crippen LogP contribution in [-0.2, 0) is 32.4 Å². The molecule has 1 aliphatic rings. The van der Waals surface area contributed by atoms with Crippen molar-refractivity contribution in [3.63, 3.8) is 0 Å². The molecule has 0 saturated heterocycles. The number of thiophene rings is 1. The van der Waals surface area contributed by atoms with Crippen molar-refractivity contribution < 1.29 is 22.8 Å². The molecule has 1 aliphatic heterocycles. The number of rotatable bonds is 7. The van der Waals surface area contributed by atoms with Crippen molar-refractivity contribution in [2.45, 2.75) is 44.6 Å². The molecular weight excluding hydrogens is 438 g/mol. The Balaban J connectivity index is 1.65. The third-order valence-electron chi connectivity index (χ3n) is 5.20. The van der Waals surface area contributed by atoms with Gasteiger partial charge in [-0.05, 0) is 37.5 Å². The van der Waals surface area contributed by atoms with Gasteiger partial charge in [0, 0.05) is 24.8 Å². The summed E-state index contributed by atoms with van der Waals surface area (Å²) in [5.41, 5.74) is 7.56. The van der Waals surface area contributed by atoms with Crippen LogP contribution >= 0.6 is 11.3 Å². The predicted octanol–water partition coefficient (Wildman–Crippen LogP) is 2.25. The minimum atomic E-state index is -3.47. The topological polar surface area (TPSA) is 127 Å². The van der Waals surface area contributed by atoms with Gasteiger partial charge in [0.05, 0.1) is 22.8 Å². The Morgan fingerprint density at radius 2 is 1.87 bits per heavy atom. The highest BCUT2D eigenvalue weighted by molar-refractivity contribution is 7.91. The van der Waals surface area contributed by atoms with E-state index in [1.807, 2.05) is 6.92 Å². The molecule has 166 valence electrons. The molecule has 0 atom stereocenters. The van der Waals surface area contributed by atoms with Crippen molar-refractivity contribution in [1.82, 2.24) is 4.90 Å². The van der Waals surface area contributed by atoms with E-state index in [0.29, 0.717) is 24.5 Å². The number of nitrogens with one attached hydrogen (secondary N) is 1. The Bertz CT molecular complexity index is 1120. The van der Waals surface area contributed by atoms with E-state index in [9.17, 15) is 22.8 Å². The summed E-state index contributed by atoms with van der Waals surface area (Å²) in [4.78, 5) is 38.8. The van der Waals surface area contributed by atoms with Crippen LogP contribution in [0.3, 0.4) is 0 Å². The molecule has 0 bridgehead atoms. The zero-order valence-corrected chi connectivity index (χ0v) is 19.1. The summed E-state index contributed by atoms with van der Waals surface area (Å²) >= 11 is 1.23. The molecule has 31 heavy (non-hydrogen) atoms. The van der Waals surface area contributed by atoms with Gasteiger partial charge in [-0.2, -0.15) is 0 Å². The van der Waals surface area contributed by atoms with Crippen LogP contribution in [0.4, 0.5) is 5.00 Å². The molecule has 0 fully saturated rings. The number of primary amides is 1. The van der Waals surface area contributed by atoms with Crippen molar-refractivity contribution in [2.75, 3.05) is 17.6 Å². The maximum Gasteiger partial charge on any atom is 0.251 e. The summed E-state index contributed by atoms with van der Waals surface area (Å²) < 4.78 is 24.8. The van der Waals surface area contributed by atoms with E-state index in [2.05, 4.69) is 5.32 Å². The fraction of sp³-hybridized carbons (Fsp3) is 0.381. The van der Waals surface area contributed by atoms with Crippen molar-refractivity contribution >= 4 is 43.9 Å². The summed E-state index contributed by atoms with van der Waals surface area (Å²) in [6, 6.07) is 6.59. The number of carbonyl (C=O) groups excluding carboxylic acids is 3. The second-order valence-corrected chi connectivity index (χ2v) is 10.8. The van der Waals surface area contributed by atoms with Crippen LogP contribution in [-0.4, -0.2) is 43.3 Å². The highest BCUT2D eigenvalue weighted by atomic mass is 32.2. The van der Waals surface area contributed by atoms with E-state index in [4.69, 9.17) is 5.73 Å². The summed E-state index contributed by atoms with van der Waals surface area (Å²) in [6.45, 7) is 4.23. The SMILES string of the molecule is CC(=O)N1CCc2c(sc(NC(=O)CCCS(=O)(=O)c3ccc(C)cc3)c2C(N)=O)C1. The van der Waals surface area contributed by atoms with E-state index in [1.165, 1.54) is 18.3 Å². The van der Waals surface area contributed by atoms with Crippen molar-refractivity contribution in [1.29, 1.82) is 0 Å². The molecule has 2 aromatic rings. The normalized spacial score (nSPS) is 13.5. The molecule has 0 spiro atoms. The summed E-state index contributed by atoms with van der Waals surface area (Å²) in [7, 11) is -3.47. The van der Waals surface area contributed by atoms with Gasteiger partial charge >= 0.3 is 0 Å². The third kappa shape index (κ3) is 5.31. The summed E-state index contributed by atoms with van der Waals surface area (Å²) in [5.74, 6) is -1.23. The minimum Gasteiger partial charge on any atom is -0.365 e. The Kier molecular flexibility index (Phi) is 6.80. The minimum absolute atomic E-state index is 0.00850. The van der Waals surface area contributed by atoms with Crippen LogP contribution in [0, 0.1) is 6.92 Å². The Morgan fingerprint density at radius 1 is 1.19 bits per heavy atom. The standard InChI is InChI=1S/C21H25N3O5S2/c1-13-5-7-15(8-6-13)31(28,29)11-3-4-18(26)23-21-19(20(22)27)16-9-10-24(14(2)25)12-17(16)30-21/h5-8H,3-4,9-12H2,1-2H3,(H2,22,27)(H,23,26). The van der Waals surface area contributed by atoms with Gasteiger partial charge in [0.1, 0.15) is 5.00 Å². The van der Waals surface area contributed by atoms with Crippen LogP contribution in [0.2, 0.25) is 0 Å². The highest BCUT2D eigenvalue weighted by Gasteiger charge is 2.28. The Labute approximate surface area is 185 Å². The number of aryl methyl sites for hydroxylation is 1. The molecule has 3 amide bonds. The molecule has 2 heterocycles. The summed E-state index contributed by atoms with van der Waals surface area (Å²) in [5, 5.41) is 3.06. The lowest BCUT2D eigenvalue weighted by Crippen LogP contribution is -2.34. The number of hydrogen-bond donors (Lipinski definition) is 2. The van der Waals surface area contributed by atoms with Gasteiger partial charge in [-0.1, -0.05) is 17.7 Å². The largest absolute Gasteiger partial charge is 0.365 e. The number of nitrogens with zero attached hydrogens (tertiary/aromatic N) is 1. The number of carbonyl (C=O) groups is 3. The van der Waals surface area contributed by atoms with Gasteiger partial charge in [0.25, 0.3) is 5.91 Å². The van der Waals surface area contributed by atoms with Crippen LogP contribution in [0.5, 0.6) is 0 Å². The van der Waals surface area contributed by atoms with Crippen molar-refractivity contribution in [2.24, 2.45) is 5.73 Å². The van der Waals surface area contributed by atoms with Gasteiger partial charge in [-0.25, -0.2) is 8.42 Å².